The molecule has 130 valence electrons. The topological polar surface area (TPSA) is 3.24 Å². The van der Waals surface area contributed by atoms with Gasteiger partial charge in [0.15, 0.2) is 0 Å². The van der Waals surface area contributed by atoms with E-state index < -0.39 is 0 Å². The highest BCUT2D eigenvalue weighted by atomic mass is 32.1. The van der Waals surface area contributed by atoms with E-state index in [0.29, 0.717) is 0 Å². The number of nitrogens with zero attached hydrogens (tertiary/aromatic N) is 1. The van der Waals surface area contributed by atoms with E-state index in [1.54, 1.807) is 0 Å². The van der Waals surface area contributed by atoms with E-state index in [4.69, 9.17) is 12.2 Å². The minimum Gasteiger partial charge on any atom is -0.329 e. The minimum absolute atomic E-state index is 0.787. The molecule has 0 bridgehead atoms. The Morgan fingerprint density at radius 1 is 1.32 bits per heavy atom. The van der Waals surface area contributed by atoms with Gasteiger partial charge in [0.25, 0.3) is 0 Å². The Hall–Kier alpha value is -1.89. The molecule has 1 aliphatic heterocycles. The highest BCUT2D eigenvalue weighted by Gasteiger charge is 2.30. The Morgan fingerprint density at radius 3 is 2.68 bits per heavy atom. The molecule has 2 aliphatic rings. The Morgan fingerprint density at radius 2 is 2.08 bits per heavy atom. The Bertz CT molecular complexity index is 789. The summed E-state index contributed by atoms with van der Waals surface area (Å²) in [5.74, 6) is 0.787. The van der Waals surface area contributed by atoms with Gasteiger partial charge in [-0.25, -0.2) is 0 Å². The van der Waals surface area contributed by atoms with Gasteiger partial charge in [0.1, 0.15) is 0 Å². The number of hydrogen-bond acceptors (Lipinski definition) is 1. The van der Waals surface area contributed by atoms with Crippen molar-refractivity contribution in [3.05, 3.63) is 64.5 Å². The molecule has 1 saturated heterocycles. The molecule has 0 N–H and O–H groups in total. The van der Waals surface area contributed by atoms with Crippen LogP contribution in [0.1, 0.15) is 54.9 Å². The van der Waals surface area contributed by atoms with Crippen LogP contribution in [0.2, 0.25) is 0 Å². The molecular weight excluding hydrogens is 322 g/mol. The van der Waals surface area contributed by atoms with Crippen LogP contribution in [-0.4, -0.2) is 16.4 Å². The predicted molar refractivity (Wildman–Crippen MR) is 113 cm³/mol. The highest BCUT2D eigenvalue weighted by Crippen LogP contribution is 2.36. The van der Waals surface area contributed by atoms with Crippen LogP contribution in [0.4, 0.5) is 0 Å². The number of hydrogen-bond donors (Lipinski definition) is 0. The molecule has 1 saturated carbocycles. The number of benzene rings is 1. The van der Waals surface area contributed by atoms with Crippen molar-refractivity contribution in [2.45, 2.75) is 46.0 Å². The van der Waals surface area contributed by atoms with Crippen LogP contribution >= 0.6 is 12.2 Å². The van der Waals surface area contributed by atoms with Crippen molar-refractivity contribution in [2.75, 3.05) is 6.54 Å². The first-order valence-electron chi connectivity index (χ1n) is 9.24. The maximum Gasteiger partial charge on any atom is 0.0875 e. The first-order chi connectivity index (χ1) is 12.1. The lowest BCUT2D eigenvalue weighted by atomic mass is 9.92. The average Bonchev–Trinajstić information content (AvgIpc) is 3.41. The molecule has 1 aromatic rings. The number of likely N-dealkylation sites (tertiary alicyclic amines) is 1. The average molecular weight is 350 g/mol. The lowest BCUT2D eigenvalue weighted by Gasteiger charge is -2.33. The van der Waals surface area contributed by atoms with E-state index in [1.807, 2.05) is 6.08 Å². The molecule has 0 unspecified atom stereocenters. The van der Waals surface area contributed by atoms with E-state index in [2.05, 4.69) is 55.8 Å². The molecule has 0 amide bonds. The summed E-state index contributed by atoms with van der Waals surface area (Å²) in [5, 5.41) is 0. The van der Waals surface area contributed by atoms with Gasteiger partial charge in [-0.1, -0.05) is 50.5 Å². The molecule has 1 nitrogen and oxygen atoms in total. The molecule has 2 fully saturated rings. The van der Waals surface area contributed by atoms with Crippen LogP contribution < -0.4 is 0 Å². The summed E-state index contributed by atoms with van der Waals surface area (Å²) >= 11 is 5.64. The van der Waals surface area contributed by atoms with Crippen molar-refractivity contribution in [3.8, 4) is 0 Å². The van der Waals surface area contributed by atoms with Crippen LogP contribution in [-0.2, 0) is 6.42 Å². The van der Waals surface area contributed by atoms with Crippen molar-refractivity contribution in [2.24, 2.45) is 5.92 Å². The van der Waals surface area contributed by atoms with Crippen LogP contribution in [0.25, 0.3) is 12.2 Å². The molecule has 0 spiro atoms. The zero-order chi connectivity index (χ0) is 18.0. The van der Waals surface area contributed by atoms with Crippen molar-refractivity contribution < 1.29 is 0 Å². The normalized spacial score (nSPS) is 19.3. The van der Waals surface area contributed by atoms with Gasteiger partial charge in [-0.15, -0.1) is 5.73 Å². The zero-order valence-electron chi connectivity index (χ0n) is 15.4. The number of aryl methyl sites for hydroxylation is 2. The summed E-state index contributed by atoms with van der Waals surface area (Å²) < 4.78 is 0. The third-order valence-corrected chi connectivity index (χ3v) is 5.63. The fourth-order valence-electron chi connectivity index (χ4n) is 3.59. The van der Waals surface area contributed by atoms with Crippen LogP contribution in [0.15, 0.2) is 42.3 Å². The van der Waals surface area contributed by atoms with E-state index in [0.717, 1.165) is 42.4 Å². The van der Waals surface area contributed by atoms with E-state index in [1.165, 1.54) is 40.7 Å². The molecule has 25 heavy (non-hydrogen) atoms. The monoisotopic (exact) mass is 349 g/mol. The third kappa shape index (κ3) is 3.86. The summed E-state index contributed by atoms with van der Waals surface area (Å²) in [5.41, 5.74) is 10.7. The fraction of sp³-hybridized carbons (Fsp3) is 0.391. The Balaban J connectivity index is 2.02. The second-order valence-electron chi connectivity index (χ2n) is 7.12. The molecule has 1 aliphatic carbocycles. The number of allylic oxidation sites excluding steroid dienone is 1. The van der Waals surface area contributed by atoms with E-state index in [9.17, 15) is 0 Å². The molecule has 0 atom stereocenters. The third-order valence-electron chi connectivity index (χ3n) is 5.21. The summed E-state index contributed by atoms with van der Waals surface area (Å²) in [6.07, 6.45) is 9.85. The predicted octanol–water partition coefficient (Wildman–Crippen LogP) is 6.09. The second-order valence-corrected chi connectivity index (χ2v) is 7.59. The van der Waals surface area contributed by atoms with Gasteiger partial charge in [-0.2, -0.15) is 0 Å². The van der Waals surface area contributed by atoms with Crippen LogP contribution in [0, 0.1) is 12.8 Å². The highest BCUT2D eigenvalue weighted by molar-refractivity contribution is 7.80. The SMILES string of the molecule is C=C=C1/C(=C/c2cc(CC)cc(C)c2C=C)CCC(=S)N1CC1CC1. The Kier molecular flexibility index (Phi) is 5.42. The molecule has 1 aromatic carbocycles. The van der Waals surface area contributed by atoms with Crippen LogP contribution in [0.5, 0.6) is 0 Å². The fourth-order valence-corrected chi connectivity index (χ4v) is 3.85. The van der Waals surface area contributed by atoms with Crippen molar-refractivity contribution in [3.63, 3.8) is 0 Å². The maximum absolute atomic E-state index is 5.64. The van der Waals surface area contributed by atoms with Gasteiger partial charge in [0.2, 0.25) is 0 Å². The summed E-state index contributed by atoms with van der Waals surface area (Å²) in [7, 11) is 0. The second kappa shape index (κ2) is 7.56. The maximum atomic E-state index is 5.64. The van der Waals surface area contributed by atoms with Gasteiger partial charge >= 0.3 is 0 Å². The number of thiocarbonyl (C=S) groups is 1. The van der Waals surface area contributed by atoms with Gasteiger partial charge in [-0.3, -0.25) is 0 Å². The Labute approximate surface area is 157 Å². The van der Waals surface area contributed by atoms with Crippen molar-refractivity contribution in [1.29, 1.82) is 0 Å². The van der Waals surface area contributed by atoms with Crippen molar-refractivity contribution >= 4 is 29.4 Å². The summed E-state index contributed by atoms with van der Waals surface area (Å²) in [6.45, 7) is 13.4. The largest absolute Gasteiger partial charge is 0.329 e. The lowest BCUT2D eigenvalue weighted by molar-refractivity contribution is 0.471. The quantitative estimate of drug-likeness (QED) is 0.468. The smallest absolute Gasteiger partial charge is 0.0875 e. The standard InChI is InChI=1S/C23H27NS/c1-5-17-12-16(4)21(6-2)20(13-17)14-19-10-11-23(25)24(22(19)7-3)15-18-8-9-18/h6,12-14,18H,2-3,5,8-11,15H2,1,4H3/b19-14+. The molecule has 1 heterocycles. The molecule has 0 aromatic heterocycles. The lowest BCUT2D eigenvalue weighted by Crippen LogP contribution is -2.34. The van der Waals surface area contributed by atoms with Gasteiger partial charge in [0, 0.05) is 13.0 Å². The summed E-state index contributed by atoms with van der Waals surface area (Å²) in [6, 6.07) is 4.55. The number of rotatable bonds is 5. The molecule has 3 rings (SSSR count). The van der Waals surface area contributed by atoms with E-state index in [-0.39, 0.29) is 0 Å². The van der Waals surface area contributed by atoms with E-state index >= 15 is 0 Å². The first-order valence-corrected chi connectivity index (χ1v) is 9.65. The molecule has 0 radical (unpaired) electrons. The molecule has 2 heteroatoms. The van der Waals surface area contributed by atoms with Crippen molar-refractivity contribution in [1.82, 2.24) is 4.90 Å². The van der Waals surface area contributed by atoms with Gasteiger partial charge in [0.05, 0.1) is 10.7 Å². The van der Waals surface area contributed by atoms with Gasteiger partial charge in [-0.05, 0) is 72.4 Å². The first kappa shape index (κ1) is 17.9. The summed E-state index contributed by atoms with van der Waals surface area (Å²) in [4.78, 5) is 3.32. The minimum atomic E-state index is 0.787. The zero-order valence-corrected chi connectivity index (χ0v) is 16.2. The molecular formula is C23H27NS. The number of piperidine rings is 1. The van der Waals surface area contributed by atoms with Crippen LogP contribution in [0.3, 0.4) is 0 Å². The van der Waals surface area contributed by atoms with Gasteiger partial charge < -0.3 is 4.90 Å².